The Balaban J connectivity index is 1.46. The number of allylic oxidation sites excluding steroid dienone is 4. The Morgan fingerprint density at radius 3 is 2.07 bits per heavy atom. The van der Waals surface area contributed by atoms with Gasteiger partial charge in [-0.05, 0) is 56.9 Å². The summed E-state index contributed by atoms with van der Waals surface area (Å²) < 4.78 is 5.47. The van der Waals surface area contributed by atoms with Gasteiger partial charge in [-0.3, -0.25) is 9.59 Å². The molecule has 0 unspecified atom stereocenters. The molecule has 4 heteroatoms. The van der Waals surface area contributed by atoms with Crippen molar-refractivity contribution in [1.82, 2.24) is 0 Å². The number of imide groups is 1. The second-order valence-corrected chi connectivity index (χ2v) is 8.05. The minimum atomic E-state index is -0.205. The van der Waals surface area contributed by atoms with Gasteiger partial charge in [-0.1, -0.05) is 29.7 Å². The highest BCUT2D eigenvalue weighted by molar-refractivity contribution is 6.23. The molecule has 5 rings (SSSR count). The molecule has 0 spiro atoms. The fourth-order valence-corrected chi connectivity index (χ4v) is 5.61. The summed E-state index contributed by atoms with van der Waals surface area (Å²) in [5.41, 5.74) is 3.61. The first-order chi connectivity index (χ1) is 13.2. The van der Waals surface area contributed by atoms with E-state index < -0.39 is 0 Å². The fourth-order valence-electron chi connectivity index (χ4n) is 5.61. The molecule has 0 aromatic heterocycles. The van der Waals surface area contributed by atoms with Gasteiger partial charge in [0.2, 0.25) is 11.8 Å². The Bertz CT molecular complexity index is 809. The second kappa shape index (κ2) is 6.36. The van der Waals surface area contributed by atoms with E-state index in [-0.39, 0.29) is 35.5 Å². The van der Waals surface area contributed by atoms with Gasteiger partial charge in [0.25, 0.3) is 0 Å². The largest absolute Gasteiger partial charge is 0.494 e. The van der Waals surface area contributed by atoms with E-state index in [1.54, 1.807) is 0 Å². The lowest BCUT2D eigenvalue weighted by Crippen LogP contribution is -2.33. The van der Waals surface area contributed by atoms with Crippen molar-refractivity contribution in [3.63, 3.8) is 0 Å². The van der Waals surface area contributed by atoms with Crippen molar-refractivity contribution in [2.24, 2.45) is 23.7 Å². The molecule has 1 aliphatic heterocycles. The van der Waals surface area contributed by atoms with E-state index in [1.165, 1.54) is 35.3 Å². The summed E-state index contributed by atoms with van der Waals surface area (Å²) in [7, 11) is 0. The van der Waals surface area contributed by atoms with E-state index in [4.69, 9.17) is 4.74 Å². The minimum Gasteiger partial charge on any atom is -0.494 e. The number of hydrogen-bond acceptors (Lipinski definition) is 3. The number of fused-ring (bicyclic) bond motifs is 5. The van der Waals surface area contributed by atoms with Crippen molar-refractivity contribution in [2.75, 3.05) is 11.5 Å². The standard InChI is InChI=1S/C23H25NO3/c1-2-27-16-10-8-15(9-11-16)24-22(25)20-17-12-13-18(21(20)23(24)26)19(17)14-6-4-3-5-7-14/h8-13,17-18,20-21H,2-7H2,1H3/t17-,18+,20+,21-. The van der Waals surface area contributed by atoms with E-state index in [0.717, 1.165) is 18.6 Å². The van der Waals surface area contributed by atoms with E-state index in [9.17, 15) is 9.59 Å². The summed E-state index contributed by atoms with van der Waals surface area (Å²) in [5, 5.41) is 0. The van der Waals surface area contributed by atoms with Crippen LogP contribution in [0.3, 0.4) is 0 Å². The molecule has 3 fully saturated rings. The molecule has 0 radical (unpaired) electrons. The Morgan fingerprint density at radius 2 is 1.52 bits per heavy atom. The number of nitrogens with zero attached hydrogens (tertiary/aromatic N) is 1. The van der Waals surface area contributed by atoms with Gasteiger partial charge < -0.3 is 4.74 Å². The lowest BCUT2D eigenvalue weighted by atomic mass is 9.85. The number of rotatable bonds is 3. The molecule has 1 heterocycles. The fraction of sp³-hybridized carbons (Fsp3) is 0.478. The van der Waals surface area contributed by atoms with Gasteiger partial charge in [-0.25, -0.2) is 4.90 Å². The molecule has 1 aromatic carbocycles. The Morgan fingerprint density at radius 1 is 0.926 bits per heavy atom. The van der Waals surface area contributed by atoms with E-state index in [0.29, 0.717) is 12.3 Å². The van der Waals surface area contributed by atoms with Crippen LogP contribution in [-0.2, 0) is 9.59 Å². The number of anilines is 1. The number of carbonyl (C=O) groups is 2. The highest BCUT2D eigenvalue weighted by Crippen LogP contribution is 2.58. The predicted molar refractivity (Wildman–Crippen MR) is 103 cm³/mol. The molecule has 0 N–H and O–H groups in total. The van der Waals surface area contributed by atoms with Crippen molar-refractivity contribution in [3.05, 3.63) is 47.6 Å². The van der Waals surface area contributed by atoms with Gasteiger partial charge in [0.1, 0.15) is 5.75 Å². The maximum absolute atomic E-state index is 13.2. The van der Waals surface area contributed by atoms with Crippen LogP contribution in [0.15, 0.2) is 47.6 Å². The van der Waals surface area contributed by atoms with Crippen LogP contribution in [0.1, 0.15) is 39.0 Å². The maximum Gasteiger partial charge on any atom is 0.238 e. The van der Waals surface area contributed by atoms with Crippen LogP contribution in [0.2, 0.25) is 0 Å². The lowest BCUT2D eigenvalue weighted by molar-refractivity contribution is -0.122. The normalized spacial score (nSPS) is 31.8. The average molecular weight is 363 g/mol. The first-order valence-electron chi connectivity index (χ1n) is 10.2. The molecule has 3 aliphatic carbocycles. The summed E-state index contributed by atoms with van der Waals surface area (Å²) >= 11 is 0. The average Bonchev–Trinajstić information content (AvgIpc) is 3.33. The molecule has 2 amide bonds. The van der Waals surface area contributed by atoms with Crippen LogP contribution in [0.5, 0.6) is 5.75 Å². The number of carbonyl (C=O) groups excluding carboxylic acids is 2. The van der Waals surface area contributed by atoms with Crippen molar-refractivity contribution < 1.29 is 14.3 Å². The third-order valence-corrected chi connectivity index (χ3v) is 6.69. The molecule has 2 saturated carbocycles. The zero-order valence-electron chi connectivity index (χ0n) is 15.7. The summed E-state index contributed by atoms with van der Waals surface area (Å²) in [6.45, 7) is 2.53. The molecule has 4 nitrogen and oxygen atoms in total. The molecule has 1 aromatic rings. The molecule has 2 bridgehead atoms. The molecule has 27 heavy (non-hydrogen) atoms. The van der Waals surface area contributed by atoms with Crippen LogP contribution in [-0.4, -0.2) is 18.4 Å². The lowest BCUT2D eigenvalue weighted by Gasteiger charge is -2.23. The van der Waals surface area contributed by atoms with Crippen molar-refractivity contribution in [1.29, 1.82) is 0 Å². The zero-order valence-corrected chi connectivity index (χ0v) is 15.7. The van der Waals surface area contributed by atoms with Crippen LogP contribution in [0, 0.1) is 23.7 Å². The quantitative estimate of drug-likeness (QED) is 0.595. The summed E-state index contributed by atoms with van der Waals surface area (Å²) in [4.78, 5) is 27.9. The van der Waals surface area contributed by atoms with Crippen molar-refractivity contribution in [2.45, 2.75) is 39.0 Å². The van der Waals surface area contributed by atoms with Crippen molar-refractivity contribution >= 4 is 17.5 Å². The van der Waals surface area contributed by atoms with Crippen LogP contribution in [0.25, 0.3) is 0 Å². The first-order valence-corrected chi connectivity index (χ1v) is 10.2. The topological polar surface area (TPSA) is 46.6 Å². The molecule has 1 saturated heterocycles. The zero-order chi connectivity index (χ0) is 18.5. The summed E-state index contributed by atoms with van der Waals surface area (Å²) in [6.07, 6.45) is 10.5. The smallest absolute Gasteiger partial charge is 0.238 e. The third kappa shape index (κ3) is 2.42. The minimum absolute atomic E-state index is 0.0279. The van der Waals surface area contributed by atoms with Crippen LogP contribution in [0.4, 0.5) is 5.69 Å². The van der Waals surface area contributed by atoms with Gasteiger partial charge in [0.15, 0.2) is 0 Å². The maximum atomic E-state index is 13.2. The summed E-state index contributed by atoms with van der Waals surface area (Å²) in [5.74, 6) is 0.563. The molecule has 140 valence electrons. The monoisotopic (exact) mass is 363 g/mol. The van der Waals surface area contributed by atoms with Gasteiger partial charge in [0.05, 0.1) is 24.1 Å². The van der Waals surface area contributed by atoms with Gasteiger partial charge in [0, 0.05) is 11.8 Å². The second-order valence-electron chi connectivity index (χ2n) is 8.05. The Labute approximate surface area is 159 Å². The van der Waals surface area contributed by atoms with Gasteiger partial charge >= 0.3 is 0 Å². The highest BCUT2D eigenvalue weighted by Gasteiger charge is 2.62. The predicted octanol–water partition coefficient (Wildman–Crippen LogP) is 4.27. The highest BCUT2D eigenvalue weighted by atomic mass is 16.5. The molecular weight excluding hydrogens is 338 g/mol. The van der Waals surface area contributed by atoms with E-state index in [1.807, 2.05) is 31.2 Å². The molecular formula is C23H25NO3. The number of benzene rings is 1. The van der Waals surface area contributed by atoms with Crippen LogP contribution < -0.4 is 9.64 Å². The van der Waals surface area contributed by atoms with Gasteiger partial charge in [-0.2, -0.15) is 0 Å². The Hall–Kier alpha value is -2.36. The first kappa shape index (κ1) is 16.8. The van der Waals surface area contributed by atoms with Crippen LogP contribution >= 0.6 is 0 Å². The molecule has 4 aliphatic rings. The summed E-state index contributed by atoms with van der Waals surface area (Å²) in [6, 6.07) is 7.29. The van der Waals surface area contributed by atoms with E-state index >= 15 is 0 Å². The Kier molecular flexibility index (Phi) is 3.96. The third-order valence-electron chi connectivity index (χ3n) is 6.69. The van der Waals surface area contributed by atoms with Gasteiger partial charge in [-0.15, -0.1) is 0 Å². The number of ether oxygens (including phenoxy) is 1. The van der Waals surface area contributed by atoms with E-state index in [2.05, 4.69) is 12.2 Å². The SMILES string of the molecule is CCOc1ccc(N2C(=O)[C@@H]3[C@H](C2=O)[C@H]2C=C[C@@H]3C2=C2CCCCC2)cc1. The molecule has 4 atom stereocenters. The number of amides is 2. The number of hydrogen-bond donors (Lipinski definition) is 0. The van der Waals surface area contributed by atoms with Crippen molar-refractivity contribution in [3.8, 4) is 5.75 Å².